The number of allylic oxidation sites excluding steroid dienone is 1. The van der Waals surface area contributed by atoms with E-state index in [1.54, 1.807) is 0 Å². The van der Waals surface area contributed by atoms with Crippen LogP contribution in [0, 0.1) is 0 Å². The van der Waals surface area contributed by atoms with Gasteiger partial charge in [0.15, 0.2) is 0 Å². The van der Waals surface area contributed by atoms with E-state index in [9.17, 15) is 0 Å². The highest BCUT2D eigenvalue weighted by Crippen LogP contribution is 2.08. The van der Waals surface area contributed by atoms with Gasteiger partial charge in [-0.2, -0.15) is 0 Å². The highest BCUT2D eigenvalue weighted by atomic mass is 16.3. The molecule has 3 N–H and O–H groups in total. The third-order valence-electron chi connectivity index (χ3n) is 2.16. The number of aliphatic hydroxyl groups excluding tert-OH is 1. The lowest BCUT2D eigenvalue weighted by atomic mass is 10.1. The zero-order chi connectivity index (χ0) is 9.94. The van der Waals surface area contributed by atoms with Crippen LogP contribution in [-0.2, 0) is 0 Å². The number of nitrogens with two attached hydrogens (primary N) is 1. The summed E-state index contributed by atoms with van der Waals surface area (Å²) < 4.78 is 0. The normalized spacial score (nSPS) is 12.8. The van der Waals surface area contributed by atoms with Gasteiger partial charge in [0.05, 0.1) is 0 Å². The van der Waals surface area contributed by atoms with E-state index >= 15 is 0 Å². The van der Waals surface area contributed by atoms with Gasteiger partial charge in [0.2, 0.25) is 0 Å². The van der Waals surface area contributed by atoms with Crippen molar-refractivity contribution in [3.8, 4) is 0 Å². The Morgan fingerprint density at radius 1 is 1.08 bits per heavy atom. The molecule has 0 aliphatic heterocycles. The van der Waals surface area contributed by atoms with E-state index in [2.05, 4.69) is 6.58 Å². The Labute approximate surface area is 81.8 Å². The van der Waals surface area contributed by atoms with Gasteiger partial charge in [-0.05, 0) is 25.7 Å². The molecule has 0 bridgehead atoms. The van der Waals surface area contributed by atoms with Crippen molar-refractivity contribution in [1.29, 1.82) is 0 Å². The quantitative estimate of drug-likeness (QED) is 0.329. The van der Waals surface area contributed by atoms with Gasteiger partial charge in [-0.15, -0.1) is 6.58 Å². The van der Waals surface area contributed by atoms with Gasteiger partial charge in [-0.1, -0.05) is 31.8 Å². The SMILES string of the molecule is C=CCCCCCCCCC(N)O. The summed E-state index contributed by atoms with van der Waals surface area (Å²) in [4.78, 5) is 0. The van der Waals surface area contributed by atoms with Crippen molar-refractivity contribution in [3.05, 3.63) is 12.7 Å². The molecule has 0 aliphatic rings. The molecule has 0 fully saturated rings. The molecule has 0 amide bonds. The molecule has 0 saturated heterocycles. The number of aliphatic hydroxyl groups is 1. The molecular weight excluding hydrogens is 162 g/mol. The second kappa shape index (κ2) is 9.75. The molecule has 0 radical (unpaired) electrons. The van der Waals surface area contributed by atoms with E-state index in [4.69, 9.17) is 10.8 Å². The fraction of sp³-hybridized carbons (Fsp3) is 0.818. The van der Waals surface area contributed by atoms with Crippen molar-refractivity contribution >= 4 is 0 Å². The fourth-order valence-corrected chi connectivity index (χ4v) is 1.35. The number of rotatable bonds is 9. The Bertz CT molecular complexity index is 113. The summed E-state index contributed by atoms with van der Waals surface area (Å²) in [7, 11) is 0. The van der Waals surface area contributed by atoms with E-state index in [1.165, 1.54) is 32.1 Å². The van der Waals surface area contributed by atoms with Gasteiger partial charge in [0, 0.05) is 0 Å². The predicted octanol–water partition coefficient (Wildman–Crippen LogP) is 2.57. The zero-order valence-corrected chi connectivity index (χ0v) is 8.54. The molecule has 0 spiro atoms. The average molecular weight is 185 g/mol. The van der Waals surface area contributed by atoms with Crippen LogP contribution in [0.15, 0.2) is 12.7 Å². The third-order valence-corrected chi connectivity index (χ3v) is 2.16. The molecule has 0 heterocycles. The van der Waals surface area contributed by atoms with Crippen LogP contribution in [0.3, 0.4) is 0 Å². The summed E-state index contributed by atoms with van der Waals surface area (Å²) in [5, 5.41) is 8.79. The maximum absolute atomic E-state index is 8.79. The van der Waals surface area contributed by atoms with E-state index in [0.29, 0.717) is 0 Å². The summed E-state index contributed by atoms with van der Waals surface area (Å²) in [6, 6.07) is 0. The van der Waals surface area contributed by atoms with Crippen LogP contribution in [0.4, 0.5) is 0 Å². The maximum Gasteiger partial charge on any atom is 0.102 e. The molecule has 13 heavy (non-hydrogen) atoms. The third kappa shape index (κ3) is 11.7. The second-order valence-electron chi connectivity index (χ2n) is 3.55. The van der Waals surface area contributed by atoms with Crippen LogP contribution in [-0.4, -0.2) is 11.3 Å². The Balaban J connectivity index is 2.87. The summed E-state index contributed by atoms with van der Waals surface area (Å²) in [5.74, 6) is 0. The molecule has 1 unspecified atom stereocenters. The topological polar surface area (TPSA) is 46.2 Å². The molecular formula is C11H23NO. The molecule has 78 valence electrons. The van der Waals surface area contributed by atoms with Crippen LogP contribution in [0.5, 0.6) is 0 Å². The van der Waals surface area contributed by atoms with Crippen molar-refractivity contribution in [1.82, 2.24) is 0 Å². The first-order valence-electron chi connectivity index (χ1n) is 5.32. The summed E-state index contributed by atoms with van der Waals surface area (Å²) >= 11 is 0. The minimum Gasteiger partial charge on any atom is -0.379 e. The van der Waals surface area contributed by atoms with Gasteiger partial charge in [-0.3, -0.25) is 0 Å². The molecule has 0 aromatic heterocycles. The summed E-state index contributed by atoms with van der Waals surface area (Å²) in [6.07, 6.45) is 10.6. The maximum atomic E-state index is 8.79. The van der Waals surface area contributed by atoms with Gasteiger partial charge >= 0.3 is 0 Å². The van der Waals surface area contributed by atoms with Crippen molar-refractivity contribution in [2.24, 2.45) is 5.73 Å². The first-order chi connectivity index (χ1) is 6.27. The Morgan fingerprint density at radius 2 is 1.62 bits per heavy atom. The molecule has 0 saturated carbocycles. The first kappa shape index (κ1) is 12.7. The Kier molecular flexibility index (Phi) is 9.49. The molecule has 2 nitrogen and oxygen atoms in total. The highest BCUT2D eigenvalue weighted by Gasteiger charge is 1.95. The van der Waals surface area contributed by atoms with Crippen molar-refractivity contribution in [2.45, 2.75) is 57.6 Å². The van der Waals surface area contributed by atoms with Crippen molar-refractivity contribution in [3.63, 3.8) is 0 Å². The second-order valence-corrected chi connectivity index (χ2v) is 3.55. The molecule has 0 rings (SSSR count). The lowest BCUT2D eigenvalue weighted by Gasteiger charge is -2.03. The zero-order valence-electron chi connectivity index (χ0n) is 8.54. The van der Waals surface area contributed by atoms with Crippen LogP contribution >= 0.6 is 0 Å². The fourth-order valence-electron chi connectivity index (χ4n) is 1.35. The molecule has 2 heteroatoms. The van der Waals surface area contributed by atoms with Gasteiger partial charge < -0.3 is 10.8 Å². The summed E-state index contributed by atoms with van der Waals surface area (Å²) in [5.41, 5.74) is 5.22. The highest BCUT2D eigenvalue weighted by molar-refractivity contribution is 4.65. The minimum absolute atomic E-state index is 0.610. The van der Waals surface area contributed by atoms with Crippen molar-refractivity contribution in [2.75, 3.05) is 0 Å². The summed E-state index contributed by atoms with van der Waals surface area (Å²) in [6.45, 7) is 3.69. The predicted molar refractivity (Wildman–Crippen MR) is 57.3 cm³/mol. The van der Waals surface area contributed by atoms with E-state index in [1.807, 2.05) is 6.08 Å². The van der Waals surface area contributed by atoms with Gasteiger partial charge in [-0.25, -0.2) is 0 Å². The number of unbranched alkanes of at least 4 members (excludes halogenated alkanes) is 6. The van der Waals surface area contributed by atoms with Crippen LogP contribution in [0.25, 0.3) is 0 Å². The molecule has 0 aromatic carbocycles. The monoisotopic (exact) mass is 185 g/mol. The van der Waals surface area contributed by atoms with Gasteiger partial charge in [0.25, 0.3) is 0 Å². The van der Waals surface area contributed by atoms with E-state index in [-0.39, 0.29) is 0 Å². The van der Waals surface area contributed by atoms with Crippen molar-refractivity contribution < 1.29 is 5.11 Å². The molecule has 0 aliphatic carbocycles. The van der Waals surface area contributed by atoms with Crippen LogP contribution < -0.4 is 5.73 Å². The molecule has 0 aromatic rings. The lowest BCUT2D eigenvalue weighted by Crippen LogP contribution is -2.17. The van der Waals surface area contributed by atoms with E-state index in [0.717, 1.165) is 19.3 Å². The first-order valence-corrected chi connectivity index (χ1v) is 5.32. The largest absolute Gasteiger partial charge is 0.379 e. The Hall–Kier alpha value is -0.340. The van der Waals surface area contributed by atoms with Gasteiger partial charge in [0.1, 0.15) is 6.23 Å². The standard InChI is InChI=1S/C11H23NO/c1-2-3-4-5-6-7-8-9-10-11(12)13/h2,11,13H,1,3-10,12H2. The number of hydrogen-bond donors (Lipinski definition) is 2. The van der Waals surface area contributed by atoms with E-state index < -0.39 is 6.23 Å². The minimum atomic E-state index is -0.610. The number of hydrogen-bond acceptors (Lipinski definition) is 2. The lowest BCUT2D eigenvalue weighted by molar-refractivity contribution is 0.168. The van der Waals surface area contributed by atoms with Crippen LogP contribution in [0.1, 0.15) is 51.4 Å². The Morgan fingerprint density at radius 3 is 2.15 bits per heavy atom. The van der Waals surface area contributed by atoms with Crippen LogP contribution in [0.2, 0.25) is 0 Å². The smallest absolute Gasteiger partial charge is 0.102 e. The molecule has 1 atom stereocenters. The average Bonchev–Trinajstić information content (AvgIpc) is 2.09.